The van der Waals surface area contributed by atoms with Crippen molar-refractivity contribution in [2.24, 2.45) is 21.7 Å². The zero-order valence-corrected chi connectivity index (χ0v) is 14.2. The first-order chi connectivity index (χ1) is 8.67. The van der Waals surface area contributed by atoms with E-state index < -0.39 is 0 Å². The van der Waals surface area contributed by atoms with Gasteiger partial charge in [-0.2, -0.15) is 0 Å². The summed E-state index contributed by atoms with van der Waals surface area (Å²) < 4.78 is 0. The summed E-state index contributed by atoms with van der Waals surface area (Å²) in [7, 11) is 0. The molecule has 1 heterocycles. The fourth-order valence-corrected chi connectivity index (χ4v) is 5.18. The van der Waals surface area contributed by atoms with E-state index in [-0.39, 0.29) is 0 Å². The van der Waals surface area contributed by atoms with E-state index in [1.807, 2.05) is 11.8 Å². The van der Waals surface area contributed by atoms with E-state index in [2.05, 4.69) is 46.9 Å². The molecule has 3 heteroatoms. The van der Waals surface area contributed by atoms with Crippen LogP contribution in [0.5, 0.6) is 0 Å². The molecule has 1 aliphatic heterocycles. The van der Waals surface area contributed by atoms with E-state index >= 15 is 0 Å². The number of thioether (sulfide) groups is 1. The smallest absolute Gasteiger partial charge is 0.157 e. The lowest BCUT2D eigenvalue weighted by Gasteiger charge is -2.45. The van der Waals surface area contributed by atoms with E-state index in [1.165, 1.54) is 24.4 Å². The molecule has 2 nitrogen and oxygen atoms in total. The SMILES string of the molecule is CC(C)C1CSC(NC2CC(C)(C)CC(C)(C)C2)=N1. The van der Waals surface area contributed by atoms with Crippen molar-refractivity contribution >= 4 is 16.9 Å². The molecule has 110 valence electrons. The molecule has 0 aromatic carbocycles. The highest BCUT2D eigenvalue weighted by Gasteiger charge is 2.39. The number of nitrogens with one attached hydrogen (secondary N) is 1. The molecule has 1 N–H and O–H groups in total. The Morgan fingerprint density at radius 1 is 1.16 bits per heavy atom. The summed E-state index contributed by atoms with van der Waals surface area (Å²) in [4.78, 5) is 4.85. The number of amidine groups is 1. The van der Waals surface area contributed by atoms with Crippen LogP contribution in [0, 0.1) is 16.7 Å². The minimum atomic E-state index is 0.445. The standard InChI is InChI=1S/C16H30N2S/c1-11(2)13-9-19-14(18-13)17-12-7-15(3,4)10-16(5,6)8-12/h11-13H,7-10H2,1-6H3,(H,17,18). The number of aliphatic imine (C=N–C) groups is 1. The van der Waals surface area contributed by atoms with Gasteiger partial charge in [-0.25, -0.2) is 0 Å². The van der Waals surface area contributed by atoms with Gasteiger partial charge in [-0.05, 0) is 36.0 Å². The lowest BCUT2D eigenvalue weighted by atomic mass is 9.63. The molecule has 1 atom stereocenters. The zero-order valence-electron chi connectivity index (χ0n) is 13.4. The molecule has 2 aliphatic rings. The minimum Gasteiger partial charge on any atom is -0.362 e. The minimum absolute atomic E-state index is 0.445. The number of nitrogens with zero attached hydrogens (tertiary/aromatic N) is 1. The van der Waals surface area contributed by atoms with Crippen LogP contribution in [0.4, 0.5) is 0 Å². The van der Waals surface area contributed by atoms with Gasteiger partial charge >= 0.3 is 0 Å². The van der Waals surface area contributed by atoms with Crippen molar-refractivity contribution in [1.82, 2.24) is 5.32 Å². The highest BCUT2D eigenvalue weighted by atomic mass is 32.2. The first-order valence-corrected chi connectivity index (χ1v) is 8.63. The average molecular weight is 282 g/mol. The number of rotatable bonds is 2. The molecule has 0 radical (unpaired) electrons. The lowest BCUT2D eigenvalue weighted by Crippen LogP contribution is -2.45. The molecule has 0 spiro atoms. The fourth-order valence-electron chi connectivity index (χ4n) is 3.93. The molecule has 1 saturated carbocycles. The third-order valence-electron chi connectivity index (χ3n) is 4.33. The van der Waals surface area contributed by atoms with E-state index in [9.17, 15) is 0 Å². The van der Waals surface area contributed by atoms with Gasteiger partial charge in [0.15, 0.2) is 5.17 Å². The van der Waals surface area contributed by atoms with Gasteiger partial charge < -0.3 is 5.32 Å². The fraction of sp³-hybridized carbons (Fsp3) is 0.938. The molecule has 2 rings (SSSR count). The quantitative estimate of drug-likeness (QED) is 0.816. The van der Waals surface area contributed by atoms with Crippen LogP contribution in [-0.2, 0) is 0 Å². The third kappa shape index (κ3) is 4.14. The van der Waals surface area contributed by atoms with Crippen molar-refractivity contribution in [2.45, 2.75) is 72.9 Å². The van der Waals surface area contributed by atoms with Crippen LogP contribution in [0.25, 0.3) is 0 Å². The molecule has 1 fully saturated rings. The Labute approximate surface area is 123 Å². The van der Waals surface area contributed by atoms with Crippen LogP contribution < -0.4 is 5.32 Å². The highest BCUT2D eigenvalue weighted by Crippen LogP contribution is 2.45. The first kappa shape index (κ1) is 15.2. The van der Waals surface area contributed by atoms with Gasteiger partial charge in [0.1, 0.15) is 0 Å². The third-order valence-corrected chi connectivity index (χ3v) is 5.33. The van der Waals surface area contributed by atoms with Crippen LogP contribution in [0.1, 0.15) is 60.8 Å². The van der Waals surface area contributed by atoms with Gasteiger partial charge in [-0.15, -0.1) is 0 Å². The lowest BCUT2D eigenvalue weighted by molar-refractivity contribution is 0.0925. The molecule has 1 aliphatic carbocycles. The van der Waals surface area contributed by atoms with E-state index in [1.54, 1.807) is 0 Å². The largest absolute Gasteiger partial charge is 0.362 e. The predicted octanol–water partition coefficient (Wildman–Crippen LogP) is 4.31. The van der Waals surface area contributed by atoms with Gasteiger partial charge in [0, 0.05) is 11.8 Å². The van der Waals surface area contributed by atoms with Gasteiger partial charge in [-0.3, -0.25) is 4.99 Å². The summed E-state index contributed by atoms with van der Waals surface area (Å²) in [6, 6.07) is 1.10. The monoisotopic (exact) mass is 282 g/mol. The molecule has 0 saturated heterocycles. The summed E-state index contributed by atoms with van der Waals surface area (Å²) in [6.07, 6.45) is 3.86. The van der Waals surface area contributed by atoms with Gasteiger partial charge in [-0.1, -0.05) is 53.3 Å². The summed E-state index contributed by atoms with van der Waals surface area (Å²) >= 11 is 1.91. The van der Waals surface area contributed by atoms with E-state index in [4.69, 9.17) is 4.99 Å². The summed E-state index contributed by atoms with van der Waals surface area (Å²) in [6.45, 7) is 14.2. The maximum Gasteiger partial charge on any atom is 0.157 e. The van der Waals surface area contributed by atoms with Crippen LogP contribution in [0.3, 0.4) is 0 Å². The molecule has 0 aromatic rings. The van der Waals surface area contributed by atoms with Crippen molar-refractivity contribution in [2.75, 3.05) is 5.75 Å². The Bertz CT molecular complexity index is 342. The molecule has 1 unspecified atom stereocenters. The number of hydrogen-bond donors (Lipinski definition) is 1. The maximum absolute atomic E-state index is 4.85. The van der Waals surface area contributed by atoms with Gasteiger partial charge in [0.05, 0.1) is 6.04 Å². The Morgan fingerprint density at radius 2 is 1.74 bits per heavy atom. The van der Waals surface area contributed by atoms with Gasteiger partial charge in [0.2, 0.25) is 0 Å². The molecular formula is C16H30N2S. The van der Waals surface area contributed by atoms with Crippen molar-refractivity contribution in [3.05, 3.63) is 0 Å². The summed E-state index contributed by atoms with van der Waals surface area (Å²) in [5, 5.41) is 4.92. The molecule has 0 aromatic heterocycles. The maximum atomic E-state index is 4.85. The van der Waals surface area contributed by atoms with Crippen LogP contribution in [0.15, 0.2) is 4.99 Å². The Morgan fingerprint density at radius 3 is 2.21 bits per heavy atom. The molecule has 0 bridgehead atoms. The van der Waals surface area contributed by atoms with Gasteiger partial charge in [0.25, 0.3) is 0 Å². The van der Waals surface area contributed by atoms with Crippen LogP contribution >= 0.6 is 11.8 Å². The molecular weight excluding hydrogens is 252 g/mol. The van der Waals surface area contributed by atoms with Crippen molar-refractivity contribution < 1.29 is 0 Å². The predicted molar refractivity (Wildman–Crippen MR) is 86.9 cm³/mol. The second-order valence-electron chi connectivity index (χ2n) is 8.31. The van der Waals surface area contributed by atoms with Crippen LogP contribution in [0.2, 0.25) is 0 Å². The summed E-state index contributed by atoms with van der Waals surface area (Å²) in [5.74, 6) is 1.81. The summed E-state index contributed by atoms with van der Waals surface area (Å²) in [5.41, 5.74) is 0.890. The van der Waals surface area contributed by atoms with Crippen LogP contribution in [-0.4, -0.2) is 23.0 Å². The van der Waals surface area contributed by atoms with Crippen molar-refractivity contribution in [1.29, 1.82) is 0 Å². The highest BCUT2D eigenvalue weighted by molar-refractivity contribution is 8.14. The Hall–Kier alpha value is -0.180. The average Bonchev–Trinajstić information content (AvgIpc) is 2.60. The molecule has 19 heavy (non-hydrogen) atoms. The van der Waals surface area contributed by atoms with E-state index in [0.717, 1.165) is 5.75 Å². The van der Waals surface area contributed by atoms with Crippen molar-refractivity contribution in [3.63, 3.8) is 0 Å². The number of hydrogen-bond acceptors (Lipinski definition) is 3. The second kappa shape index (κ2) is 5.31. The second-order valence-corrected chi connectivity index (χ2v) is 9.32. The Balaban J connectivity index is 1.98. The normalized spacial score (nSPS) is 30.5. The van der Waals surface area contributed by atoms with E-state index in [0.29, 0.717) is 28.8 Å². The zero-order chi connectivity index (χ0) is 14.3. The van der Waals surface area contributed by atoms with Crippen molar-refractivity contribution in [3.8, 4) is 0 Å². The Kier molecular flexibility index (Phi) is 4.25. The molecule has 0 amide bonds. The first-order valence-electron chi connectivity index (χ1n) is 7.64. The topological polar surface area (TPSA) is 24.4 Å².